The van der Waals surface area contributed by atoms with Crippen LogP contribution < -0.4 is 0 Å². The minimum Gasteiger partial charge on any atom is -0.329 e. The van der Waals surface area contributed by atoms with E-state index in [0.29, 0.717) is 11.6 Å². The first-order valence-electron chi connectivity index (χ1n) is 7.18. The van der Waals surface area contributed by atoms with Crippen LogP contribution in [0.15, 0.2) is 18.2 Å². The highest BCUT2D eigenvalue weighted by Crippen LogP contribution is 2.45. The summed E-state index contributed by atoms with van der Waals surface area (Å²) < 4.78 is 2.98. The third kappa shape index (κ3) is 1.97. The molecule has 1 atom stereocenters. The largest absolute Gasteiger partial charge is 0.329 e. The second-order valence-corrected chi connectivity index (χ2v) is 6.75. The average molecular weight is 285 g/mol. The SMILES string of the molecule is CC1(C)CCCCC1n1c(=S)[nH]c2c(C#N)cccc21. The molecule has 1 aromatic heterocycles. The zero-order valence-electron chi connectivity index (χ0n) is 11.9. The Morgan fingerprint density at radius 1 is 1.40 bits per heavy atom. The molecule has 1 fully saturated rings. The Balaban J connectivity index is 2.24. The van der Waals surface area contributed by atoms with E-state index in [4.69, 9.17) is 12.2 Å². The lowest BCUT2D eigenvalue weighted by molar-refractivity contribution is 0.146. The van der Waals surface area contributed by atoms with Gasteiger partial charge >= 0.3 is 0 Å². The van der Waals surface area contributed by atoms with Crippen molar-refractivity contribution in [2.24, 2.45) is 5.41 Å². The van der Waals surface area contributed by atoms with Gasteiger partial charge in [0.2, 0.25) is 0 Å². The molecule has 1 aromatic carbocycles. The maximum absolute atomic E-state index is 9.24. The van der Waals surface area contributed by atoms with Gasteiger partial charge in [-0.2, -0.15) is 5.26 Å². The highest BCUT2D eigenvalue weighted by molar-refractivity contribution is 7.71. The molecule has 0 spiro atoms. The normalized spacial score (nSPS) is 21.8. The van der Waals surface area contributed by atoms with Gasteiger partial charge in [-0.1, -0.05) is 32.8 Å². The smallest absolute Gasteiger partial charge is 0.178 e. The lowest BCUT2D eigenvalue weighted by atomic mass is 9.73. The number of nitrogens with one attached hydrogen (secondary N) is 1. The van der Waals surface area contributed by atoms with E-state index >= 15 is 0 Å². The van der Waals surface area contributed by atoms with E-state index in [1.165, 1.54) is 19.3 Å². The number of aromatic amines is 1. The third-order valence-electron chi connectivity index (χ3n) is 4.64. The zero-order valence-corrected chi connectivity index (χ0v) is 12.8. The first-order chi connectivity index (χ1) is 9.54. The van der Waals surface area contributed by atoms with Crippen molar-refractivity contribution in [3.63, 3.8) is 0 Å². The molecule has 0 amide bonds. The van der Waals surface area contributed by atoms with Gasteiger partial charge in [0.1, 0.15) is 6.07 Å². The van der Waals surface area contributed by atoms with Crippen molar-refractivity contribution >= 4 is 23.3 Å². The topological polar surface area (TPSA) is 44.5 Å². The molecule has 3 nitrogen and oxygen atoms in total. The molecule has 4 heteroatoms. The number of fused-ring (bicyclic) bond motifs is 1. The maximum atomic E-state index is 9.24. The van der Waals surface area contributed by atoms with Crippen LogP contribution in [0.5, 0.6) is 0 Å². The number of nitrogens with zero attached hydrogens (tertiary/aromatic N) is 2. The summed E-state index contributed by atoms with van der Waals surface area (Å²) in [6, 6.07) is 8.49. The van der Waals surface area contributed by atoms with Crippen molar-refractivity contribution in [1.82, 2.24) is 9.55 Å². The van der Waals surface area contributed by atoms with E-state index in [-0.39, 0.29) is 5.41 Å². The summed E-state index contributed by atoms with van der Waals surface area (Å²) in [7, 11) is 0. The van der Waals surface area contributed by atoms with Crippen molar-refractivity contribution in [3.05, 3.63) is 28.5 Å². The van der Waals surface area contributed by atoms with Gasteiger partial charge < -0.3 is 9.55 Å². The highest BCUT2D eigenvalue weighted by atomic mass is 32.1. The van der Waals surface area contributed by atoms with Crippen LogP contribution in [0.25, 0.3) is 11.0 Å². The number of para-hydroxylation sites is 1. The van der Waals surface area contributed by atoms with Gasteiger partial charge in [-0.05, 0) is 42.6 Å². The van der Waals surface area contributed by atoms with E-state index < -0.39 is 0 Å². The average Bonchev–Trinajstić information content (AvgIpc) is 2.74. The molecule has 0 radical (unpaired) electrons. The molecule has 1 aliphatic carbocycles. The van der Waals surface area contributed by atoms with Crippen LogP contribution >= 0.6 is 12.2 Å². The highest BCUT2D eigenvalue weighted by Gasteiger charge is 2.34. The molecule has 20 heavy (non-hydrogen) atoms. The van der Waals surface area contributed by atoms with Gasteiger partial charge in [-0.25, -0.2) is 0 Å². The Kier molecular flexibility index (Phi) is 3.18. The fraction of sp³-hybridized carbons (Fsp3) is 0.500. The fourth-order valence-corrected chi connectivity index (χ4v) is 3.83. The minimum atomic E-state index is 0.244. The van der Waals surface area contributed by atoms with E-state index in [1.807, 2.05) is 12.1 Å². The molecule has 1 heterocycles. The van der Waals surface area contributed by atoms with Crippen LogP contribution in [0.4, 0.5) is 0 Å². The van der Waals surface area contributed by atoms with Crippen molar-refractivity contribution in [2.45, 2.75) is 45.6 Å². The number of rotatable bonds is 1. The number of H-pyrrole nitrogens is 1. The Morgan fingerprint density at radius 2 is 2.20 bits per heavy atom. The Morgan fingerprint density at radius 3 is 2.90 bits per heavy atom. The van der Waals surface area contributed by atoms with Crippen LogP contribution in [-0.4, -0.2) is 9.55 Å². The molecule has 1 saturated carbocycles. The number of hydrogen-bond acceptors (Lipinski definition) is 2. The second kappa shape index (κ2) is 4.75. The zero-order chi connectivity index (χ0) is 14.3. The summed E-state index contributed by atoms with van der Waals surface area (Å²) >= 11 is 5.54. The predicted molar refractivity (Wildman–Crippen MR) is 83.1 cm³/mol. The molecule has 0 aliphatic heterocycles. The van der Waals surface area contributed by atoms with Crippen LogP contribution in [0.2, 0.25) is 0 Å². The summed E-state index contributed by atoms with van der Waals surface area (Å²) in [6.07, 6.45) is 4.93. The molecule has 3 rings (SSSR count). The molecule has 1 unspecified atom stereocenters. The number of nitriles is 1. The van der Waals surface area contributed by atoms with Crippen LogP contribution in [-0.2, 0) is 0 Å². The van der Waals surface area contributed by atoms with Crippen molar-refractivity contribution in [1.29, 1.82) is 5.26 Å². The third-order valence-corrected chi connectivity index (χ3v) is 4.93. The van der Waals surface area contributed by atoms with E-state index in [0.717, 1.165) is 22.2 Å². The van der Waals surface area contributed by atoms with Gasteiger partial charge in [-0.15, -0.1) is 0 Å². The Labute approximate surface area is 124 Å². The number of aromatic nitrogens is 2. The Hall–Kier alpha value is -1.60. The quantitative estimate of drug-likeness (QED) is 0.771. The summed E-state index contributed by atoms with van der Waals surface area (Å²) in [5, 5.41) is 9.24. The second-order valence-electron chi connectivity index (χ2n) is 6.36. The van der Waals surface area contributed by atoms with Gasteiger partial charge in [0.15, 0.2) is 4.77 Å². The van der Waals surface area contributed by atoms with Crippen LogP contribution in [0.1, 0.15) is 51.1 Å². The first-order valence-corrected chi connectivity index (χ1v) is 7.59. The minimum absolute atomic E-state index is 0.244. The number of benzene rings is 1. The van der Waals surface area contributed by atoms with E-state index in [9.17, 15) is 5.26 Å². The summed E-state index contributed by atoms with van der Waals surface area (Å²) in [6.45, 7) is 4.65. The van der Waals surface area contributed by atoms with E-state index in [2.05, 4.69) is 35.5 Å². The van der Waals surface area contributed by atoms with Gasteiger partial charge in [-0.3, -0.25) is 0 Å². The van der Waals surface area contributed by atoms with Gasteiger partial charge in [0.05, 0.1) is 16.6 Å². The lowest BCUT2D eigenvalue weighted by Gasteiger charge is -2.39. The molecular formula is C16H19N3S. The van der Waals surface area contributed by atoms with Crippen molar-refractivity contribution < 1.29 is 0 Å². The van der Waals surface area contributed by atoms with Crippen molar-refractivity contribution in [3.8, 4) is 6.07 Å². The Bertz CT molecular complexity index is 745. The fourth-order valence-electron chi connectivity index (χ4n) is 3.51. The molecule has 0 bridgehead atoms. The first kappa shape index (κ1) is 13.4. The maximum Gasteiger partial charge on any atom is 0.178 e. The van der Waals surface area contributed by atoms with Crippen LogP contribution in [0.3, 0.4) is 0 Å². The standard InChI is InChI=1S/C16H19N3S/c1-16(2)9-4-3-8-13(16)19-12-7-5-6-11(10-17)14(12)18-15(19)20/h5-7,13H,3-4,8-9H2,1-2H3,(H,18,20). The number of hydrogen-bond donors (Lipinski definition) is 1. The van der Waals surface area contributed by atoms with Crippen LogP contribution in [0, 0.1) is 21.5 Å². The number of imidazole rings is 1. The molecule has 1 N–H and O–H groups in total. The predicted octanol–water partition coefficient (Wildman–Crippen LogP) is 4.71. The van der Waals surface area contributed by atoms with Crippen molar-refractivity contribution in [2.75, 3.05) is 0 Å². The molecule has 0 saturated heterocycles. The summed E-state index contributed by atoms with van der Waals surface area (Å²) in [5.41, 5.74) is 2.85. The van der Waals surface area contributed by atoms with E-state index in [1.54, 1.807) is 0 Å². The van der Waals surface area contributed by atoms with Gasteiger partial charge in [0, 0.05) is 6.04 Å². The molecule has 2 aromatic rings. The molecular weight excluding hydrogens is 266 g/mol. The van der Waals surface area contributed by atoms with Gasteiger partial charge in [0.25, 0.3) is 0 Å². The summed E-state index contributed by atoms with van der Waals surface area (Å²) in [4.78, 5) is 3.24. The summed E-state index contributed by atoms with van der Waals surface area (Å²) in [5.74, 6) is 0. The molecule has 104 valence electrons. The molecule has 1 aliphatic rings. The lowest BCUT2D eigenvalue weighted by Crippen LogP contribution is -2.30. The monoisotopic (exact) mass is 285 g/mol.